The molecule has 0 aliphatic heterocycles. The summed E-state index contributed by atoms with van der Waals surface area (Å²) in [7, 11) is 0. The molecule has 20 heavy (non-hydrogen) atoms. The number of nitrogens with one attached hydrogen (secondary N) is 2. The van der Waals surface area contributed by atoms with Crippen LogP contribution >= 0.6 is 11.6 Å². The predicted octanol–water partition coefficient (Wildman–Crippen LogP) is 4.22. The summed E-state index contributed by atoms with van der Waals surface area (Å²) in [6, 6.07) is 13.6. The second-order valence-corrected chi connectivity index (χ2v) is 5.05. The highest BCUT2D eigenvalue weighted by Crippen LogP contribution is 2.23. The largest absolute Gasteiger partial charge is 0.381 e. The Morgan fingerprint density at radius 1 is 1.15 bits per heavy atom. The zero-order valence-electron chi connectivity index (χ0n) is 11.5. The van der Waals surface area contributed by atoms with Crippen molar-refractivity contribution in [3.05, 3.63) is 58.6 Å². The Bertz CT molecular complexity index is 608. The lowest BCUT2D eigenvalue weighted by Crippen LogP contribution is -2.06. The van der Waals surface area contributed by atoms with Crippen LogP contribution in [0.15, 0.2) is 42.5 Å². The van der Waals surface area contributed by atoms with Crippen molar-refractivity contribution in [1.29, 1.82) is 0 Å². The van der Waals surface area contributed by atoms with Crippen molar-refractivity contribution in [1.82, 2.24) is 0 Å². The van der Waals surface area contributed by atoms with E-state index in [1.54, 1.807) is 0 Å². The second kappa shape index (κ2) is 6.44. The maximum absolute atomic E-state index is 10.9. The Labute approximate surface area is 124 Å². The zero-order chi connectivity index (χ0) is 14.5. The molecule has 0 bridgehead atoms. The molecule has 0 aromatic heterocycles. The normalized spacial score (nSPS) is 10.2. The van der Waals surface area contributed by atoms with E-state index in [-0.39, 0.29) is 5.91 Å². The Balaban J connectivity index is 2.00. The summed E-state index contributed by atoms with van der Waals surface area (Å²) in [6.07, 6.45) is 0. The SMILES string of the molecule is CC(=O)Nc1ccc(CNc2cccc(Cl)c2C)cc1. The van der Waals surface area contributed by atoms with Gasteiger partial charge in [0.1, 0.15) is 0 Å². The molecule has 0 saturated heterocycles. The van der Waals surface area contributed by atoms with Gasteiger partial charge in [0.05, 0.1) is 0 Å². The molecule has 2 N–H and O–H groups in total. The van der Waals surface area contributed by atoms with Crippen LogP contribution in [0.2, 0.25) is 5.02 Å². The lowest BCUT2D eigenvalue weighted by molar-refractivity contribution is -0.114. The Kier molecular flexibility index (Phi) is 4.64. The third-order valence-electron chi connectivity index (χ3n) is 3.02. The third-order valence-corrected chi connectivity index (χ3v) is 3.43. The van der Waals surface area contributed by atoms with Crippen LogP contribution in [0, 0.1) is 6.92 Å². The van der Waals surface area contributed by atoms with Crippen LogP contribution in [0.4, 0.5) is 11.4 Å². The molecule has 3 nitrogen and oxygen atoms in total. The minimum Gasteiger partial charge on any atom is -0.381 e. The monoisotopic (exact) mass is 288 g/mol. The van der Waals surface area contributed by atoms with Crippen molar-refractivity contribution in [2.24, 2.45) is 0 Å². The quantitative estimate of drug-likeness (QED) is 0.884. The van der Waals surface area contributed by atoms with Crippen LogP contribution in [0.5, 0.6) is 0 Å². The van der Waals surface area contributed by atoms with E-state index in [4.69, 9.17) is 11.6 Å². The summed E-state index contributed by atoms with van der Waals surface area (Å²) < 4.78 is 0. The van der Waals surface area contributed by atoms with Gasteiger partial charge in [-0.1, -0.05) is 29.8 Å². The smallest absolute Gasteiger partial charge is 0.221 e. The number of anilines is 2. The van der Waals surface area contributed by atoms with Crippen LogP contribution in [-0.4, -0.2) is 5.91 Å². The first-order valence-electron chi connectivity index (χ1n) is 6.42. The van der Waals surface area contributed by atoms with Crippen molar-refractivity contribution in [3.63, 3.8) is 0 Å². The molecule has 2 aromatic carbocycles. The van der Waals surface area contributed by atoms with Gasteiger partial charge in [-0.3, -0.25) is 4.79 Å². The molecule has 104 valence electrons. The topological polar surface area (TPSA) is 41.1 Å². The lowest BCUT2D eigenvalue weighted by atomic mass is 10.1. The highest BCUT2D eigenvalue weighted by Gasteiger charge is 2.02. The number of carbonyl (C=O) groups excluding carboxylic acids is 1. The zero-order valence-corrected chi connectivity index (χ0v) is 12.3. The van der Waals surface area contributed by atoms with E-state index >= 15 is 0 Å². The second-order valence-electron chi connectivity index (χ2n) is 4.64. The van der Waals surface area contributed by atoms with E-state index in [1.165, 1.54) is 6.92 Å². The van der Waals surface area contributed by atoms with Crippen molar-refractivity contribution < 1.29 is 4.79 Å². The molecule has 2 rings (SSSR count). The van der Waals surface area contributed by atoms with E-state index in [0.717, 1.165) is 27.5 Å². The molecule has 0 heterocycles. The fraction of sp³-hybridized carbons (Fsp3) is 0.188. The van der Waals surface area contributed by atoms with Crippen LogP contribution in [0.25, 0.3) is 0 Å². The molecule has 1 amide bonds. The van der Waals surface area contributed by atoms with E-state index in [0.29, 0.717) is 6.54 Å². The van der Waals surface area contributed by atoms with Crippen LogP contribution in [0.1, 0.15) is 18.1 Å². The minimum absolute atomic E-state index is 0.0644. The summed E-state index contributed by atoms with van der Waals surface area (Å²) in [5.74, 6) is -0.0644. The Morgan fingerprint density at radius 2 is 1.85 bits per heavy atom. The molecular weight excluding hydrogens is 272 g/mol. The van der Waals surface area contributed by atoms with Gasteiger partial charge in [0.15, 0.2) is 0 Å². The molecule has 0 unspecified atom stereocenters. The molecule has 2 aromatic rings. The van der Waals surface area contributed by atoms with Crippen molar-refractivity contribution >= 4 is 28.9 Å². The van der Waals surface area contributed by atoms with E-state index < -0.39 is 0 Å². The van der Waals surface area contributed by atoms with Gasteiger partial charge in [0.2, 0.25) is 5.91 Å². The number of carbonyl (C=O) groups is 1. The summed E-state index contributed by atoms with van der Waals surface area (Å²) in [5, 5.41) is 6.86. The first-order valence-corrected chi connectivity index (χ1v) is 6.79. The Hall–Kier alpha value is -2.00. The maximum atomic E-state index is 10.9. The summed E-state index contributed by atoms with van der Waals surface area (Å²) in [4.78, 5) is 10.9. The number of rotatable bonds is 4. The fourth-order valence-corrected chi connectivity index (χ4v) is 2.08. The standard InChI is InChI=1S/C16H17ClN2O/c1-11-15(17)4-3-5-16(11)18-10-13-6-8-14(9-7-13)19-12(2)20/h3-9,18H,10H2,1-2H3,(H,19,20). The molecule has 0 spiro atoms. The fourth-order valence-electron chi connectivity index (χ4n) is 1.91. The summed E-state index contributed by atoms with van der Waals surface area (Å²) in [5.41, 5.74) is 4.02. The van der Waals surface area contributed by atoms with Crippen LogP contribution in [-0.2, 0) is 11.3 Å². The van der Waals surface area contributed by atoms with Gasteiger partial charge in [0, 0.05) is 29.9 Å². The average Bonchev–Trinajstić information content (AvgIpc) is 2.41. The van der Waals surface area contributed by atoms with Gasteiger partial charge < -0.3 is 10.6 Å². The highest BCUT2D eigenvalue weighted by molar-refractivity contribution is 6.31. The molecule has 0 radical (unpaired) electrons. The van der Waals surface area contributed by atoms with Crippen LogP contribution < -0.4 is 10.6 Å². The van der Waals surface area contributed by atoms with Crippen molar-refractivity contribution in [3.8, 4) is 0 Å². The van der Waals surface area contributed by atoms with Crippen molar-refractivity contribution in [2.45, 2.75) is 20.4 Å². The van der Waals surface area contributed by atoms with Gasteiger partial charge in [-0.25, -0.2) is 0 Å². The predicted molar refractivity (Wildman–Crippen MR) is 84.3 cm³/mol. The van der Waals surface area contributed by atoms with E-state index in [1.807, 2.05) is 49.4 Å². The first-order chi connectivity index (χ1) is 9.56. The van der Waals surface area contributed by atoms with Gasteiger partial charge in [-0.05, 0) is 42.3 Å². The van der Waals surface area contributed by atoms with E-state index in [2.05, 4.69) is 10.6 Å². The van der Waals surface area contributed by atoms with Gasteiger partial charge in [-0.15, -0.1) is 0 Å². The van der Waals surface area contributed by atoms with Crippen molar-refractivity contribution in [2.75, 3.05) is 10.6 Å². The molecule has 0 atom stereocenters. The number of amides is 1. The van der Waals surface area contributed by atoms with Gasteiger partial charge in [-0.2, -0.15) is 0 Å². The van der Waals surface area contributed by atoms with E-state index in [9.17, 15) is 4.79 Å². The number of hydrogen-bond acceptors (Lipinski definition) is 2. The number of benzene rings is 2. The van der Waals surface area contributed by atoms with Gasteiger partial charge in [0.25, 0.3) is 0 Å². The maximum Gasteiger partial charge on any atom is 0.221 e. The molecule has 0 saturated carbocycles. The minimum atomic E-state index is -0.0644. The molecular formula is C16H17ClN2O. The molecule has 4 heteroatoms. The molecule has 0 aliphatic carbocycles. The summed E-state index contributed by atoms with van der Waals surface area (Å²) in [6.45, 7) is 4.20. The van der Waals surface area contributed by atoms with Gasteiger partial charge >= 0.3 is 0 Å². The Morgan fingerprint density at radius 3 is 2.50 bits per heavy atom. The molecule has 0 fully saturated rings. The lowest BCUT2D eigenvalue weighted by Gasteiger charge is -2.11. The first kappa shape index (κ1) is 14.4. The number of hydrogen-bond donors (Lipinski definition) is 2. The van der Waals surface area contributed by atoms with Crippen LogP contribution in [0.3, 0.4) is 0 Å². The molecule has 0 aliphatic rings. The highest BCUT2D eigenvalue weighted by atomic mass is 35.5. The average molecular weight is 289 g/mol. The third kappa shape index (κ3) is 3.75. The summed E-state index contributed by atoms with van der Waals surface area (Å²) >= 11 is 6.08. The number of halogens is 1.